The van der Waals surface area contributed by atoms with Gasteiger partial charge in [-0.2, -0.15) is 0 Å². The van der Waals surface area contributed by atoms with Crippen LogP contribution < -0.4 is 0 Å². The van der Waals surface area contributed by atoms with Crippen LogP contribution in [0.1, 0.15) is 0 Å². The van der Waals surface area contributed by atoms with Crippen LogP contribution in [0, 0.1) is 0 Å². The van der Waals surface area contributed by atoms with E-state index in [-0.39, 0.29) is 0 Å². The molecule has 0 spiro atoms. The van der Waals surface area contributed by atoms with Crippen LogP contribution in [0.3, 0.4) is 0 Å². The molecule has 0 radical (unpaired) electrons. The molecule has 0 aliphatic carbocycles. The quantitative estimate of drug-likeness (QED) is 0.274. The molecule has 0 aromatic heterocycles. The maximum absolute atomic E-state index is 10.1. The van der Waals surface area contributed by atoms with Crippen molar-refractivity contribution in [2.24, 2.45) is 0 Å². The third-order valence-corrected chi connectivity index (χ3v) is 1.50. The first-order chi connectivity index (χ1) is 6.29. The first kappa shape index (κ1) is 12.8. The lowest BCUT2D eigenvalue weighted by molar-refractivity contribution is -0.172. The predicted molar refractivity (Wildman–Crippen MR) is 39.3 cm³/mol. The molecule has 0 aliphatic heterocycles. The van der Waals surface area contributed by atoms with Crippen molar-refractivity contribution in [3.05, 3.63) is 0 Å². The van der Waals surface area contributed by atoms with E-state index >= 15 is 0 Å². The number of aliphatic hydroxyl groups is 4. The largest absolute Gasteiger partial charge is 0.479 e. The van der Waals surface area contributed by atoms with Gasteiger partial charge in [0.15, 0.2) is 12.2 Å². The zero-order valence-electron chi connectivity index (χ0n) is 6.81. The first-order valence-electron chi connectivity index (χ1n) is 3.47. The molecule has 0 saturated heterocycles. The normalized spacial score (nSPS) is 19.4. The van der Waals surface area contributed by atoms with E-state index in [9.17, 15) is 9.59 Å². The van der Waals surface area contributed by atoms with Crippen LogP contribution in [0.2, 0.25) is 0 Å². The highest BCUT2D eigenvalue weighted by Gasteiger charge is 2.37. The van der Waals surface area contributed by atoms with Gasteiger partial charge in [-0.1, -0.05) is 0 Å². The average molecular weight is 210 g/mol. The van der Waals surface area contributed by atoms with E-state index in [2.05, 4.69) is 0 Å². The first-order valence-corrected chi connectivity index (χ1v) is 3.47. The van der Waals surface area contributed by atoms with Gasteiger partial charge in [-0.15, -0.1) is 0 Å². The Labute approximate surface area is 77.7 Å². The topological polar surface area (TPSA) is 156 Å². The fraction of sp³-hybridized carbons (Fsp3) is 0.667. The minimum absolute atomic E-state index is 1.84. The Balaban J connectivity index is 4.45. The molecule has 8 nitrogen and oxygen atoms in total. The summed E-state index contributed by atoms with van der Waals surface area (Å²) in [5.74, 6) is -3.68. The second kappa shape index (κ2) is 4.86. The Hall–Kier alpha value is -1.22. The van der Waals surface area contributed by atoms with Gasteiger partial charge in [0.1, 0.15) is 12.2 Å². The number of aliphatic carboxylic acids is 2. The van der Waals surface area contributed by atoms with E-state index in [1.54, 1.807) is 0 Å². The predicted octanol–water partition coefficient (Wildman–Crippen LogP) is -3.40. The third-order valence-electron chi connectivity index (χ3n) is 1.50. The molecule has 0 rings (SSSR count). The van der Waals surface area contributed by atoms with Gasteiger partial charge in [0.2, 0.25) is 0 Å². The van der Waals surface area contributed by atoms with Crippen LogP contribution in [0.5, 0.6) is 0 Å². The zero-order chi connectivity index (χ0) is 11.5. The van der Waals surface area contributed by atoms with Gasteiger partial charge in [0, 0.05) is 0 Å². The van der Waals surface area contributed by atoms with Crippen molar-refractivity contribution in [1.29, 1.82) is 0 Å². The summed E-state index contributed by atoms with van der Waals surface area (Å²) >= 11 is 0. The van der Waals surface area contributed by atoms with E-state index in [0.717, 1.165) is 0 Å². The molecular formula is C6H10O8. The van der Waals surface area contributed by atoms with Gasteiger partial charge in [0.25, 0.3) is 0 Å². The minimum atomic E-state index is -2.36. The second-order valence-corrected chi connectivity index (χ2v) is 2.55. The highest BCUT2D eigenvalue weighted by molar-refractivity contribution is 5.75. The van der Waals surface area contributed by atoms with Crippen LogP contribution in [-0.2, 0) is 9.59 Å². The summed E-state index contributed by atoms with van der Waals surface area (Å²) in [6.07, 6.45) is -9.28. The Bertz CT molecular complexity index is 202. The van der Waals surface area contributed by atoms with Crippen LogP contribution in [0.25, 0.3) is 0 Å². The average Bonchev–Trinajstić information content (AvgIpc) is 2.12. The number of rotatable bonds is 5. The molecule has 0 saturated carbocycles. The molecule has 0 fully saturated rings. The molecule has 0 unspecified atom stereocenters. The Morgan fingerprint density at radius 3 is 1.07 bits per heavy atom. The summed E-state index contributed by atoms with van der Waals surface area (Å²) in [5, 5.41) is 51.5. The smallest absolute Gasteiger partial charge is 0.335 e. The molecule has 0 aromatic rings. The highest BCUT2D eigenvalue weighted by Crippen LogP contribution is 2.05. The van der Waals surface area contributed by atoms with E-state index in [0.29, 0.717) is 0 Å². The number of hydrogen-bond donors (Lipinski definition) is 6. The monoisotopic (exact) mass is 210 g/mol. The van der Waals surface area contributed by atoms with E-state index < -0.39 is 36.4 Å². The molecule has 0 bridgehead atoms. The van der Waals surface area contributed by atoms with Crippen LogP contribution in [0.15, 0.2) is 0 Å². The number of carboxylic acid groups (broad SMARTS) is 2. The van der Waals surface area contributed by atoms with E-state index in [1.165, 1.54) is 0 Å². The van der Waals surface area contributed by atoms with Crippen molar-refractivity contribution < 1.29 is 40.2 Å². The van der Waals surface area contributed by atoms with Gasteiger partial charge >= 0.3 is 11.9 Å². The van der Waals surface area contributed by atoms with Crippen LogP contribution >= 0.6 is 0 Å². The SMILES string of the molecule is O=C(O)[C@@H](O)[C@H](O)[C@@H](O)[C@H](O)C(=O)O. The summed E-state index contributed by atoms with van der Waals surface area (Å²) in [7, 11) is 0. The molecule has 8 heteroatoms. The molecule has 0 amide bonds. The van der Waals surface area contributed by atoms with E-state index in [1.807, 2.05) is 0 Å². The number of hydrogen-bond acceptors (Lipinski definition) is 6. The molecular weight excluding hydrogens is 200 g/mol. The van der Waals surface area contributed by atoms with Crippen LogP contribution in [-0.4, -0.2) is 67.0 Å². The van der Waals surface area contributed by atoms with Crippen molar-refractivity contribution in [2.45, 2.75) is 24.4 Å². The summed E-state index contributed by atoms with van der Waals surface area (Å²) < 4.78 is 0. The Morgan fingerprint density at radius 1 is 0.714 bits per heavy atom. The van der Waals surface area contributed by atoms with Crippen LogP contribution in [0.4, 0.5) is 0 Å². The standard InChI is InChI=1S/C6H10O8/c7-1(3(9)5(11)12)2(8)4(10)6(13)14/h1-4,7-10H,(H,11,12)(H,13,14)/t1-,2-,3+,4+/m1/s1. The van der Waals surface area contributed by atoms with Gasteiger partial charge in [0.05, 0.1) is 0 Å². The van der Waals surface area contributed by atoms with Crippen molar-refractivity contribution in [3.8, 4) is 0 Å². The summed E-state index contributed by atoms with van der Waals surface area (Å²) in [4.78, 5) is 20.2. The number of carbonyl (C=O) groups is 2. The van der Waals surface area contributed by atoms with Crippen molar-refractivity contribution in [3.63, 3.8) is 0 Å². The zero-order valence-corrected chi connectivity index (χ0v) is 6.81. The maximum atomic E-state index is 10.1. The van der Waals surface area contributed by atoms with Gasteiger partial charge in [-0.3, -0.25) is 0 Å². The Kier molecular flexibility index (Phi) is 4.44. The molecule has 6 N–H and O–H groups in total. The van der Waals surface area contributed by atoms with Gasteiger partial charge in [-0.05, 0) is 0 Å². The van der Waals surface area contributed by atoms with Gasteiger partial charge < -0.3 is 30.6 Å². The second-order valence-electron chi connectivity index (χ2n) is 2.55. The summed E-state index contributed by atoms with van der Waals surface area (Å²) in [5.41, 5.74) is 0. The number of carboxylic acids is 2. The number of aliphatic hydroxyl groups excluding tert-OH is 4. The molecule has 14 heavy (non-hydrogen) atoms. The van der Waals surface area contributed by atoms with Crippen molar-refractivity contribution in [2.75, 3.05) is 0 Å². The molecule has 82 valence electrons. The third kappa shape index (κ3) is 2.92. The molecule has 4 atom stereocenters. The highest BCUT2D eigenvalue weighted by atomic mass is 16.4. The van der Waals surface area contributed by atoms with Crippen molar-refractivity contribution >= 4 is 11.9 Å². The summed E-state index contributed by atoms with van der Waals surface area (Å²) in [6, 6.07) is 0. The fourth-order valence-electron chi connectivity index (χ4n) is 0.666. The fourth-order valence-corrected chi connectivity index (χ4v) is 0.666. The molecule has 0 heterocycles. The summed E-state index contributed by atoms with van der Waals surface area (Å²) in [6.45, 7) is 0. The molecule has 0 aromatic carbocycles. The minimum Gasteiger partial charge on any atom is -0.479 e. The lowest BCUT2D eigenvalue weighted by atomic mass is 10.0. The Morgan fingerprint density at radius 2 is 0.929 bits per heavy atom. The van der Waals surface area contributed by atoms with E-state index in [4.69, 9.17) is 30.6 Å². The maximum Gasteiger partial charge on any atom is 0.335 e. The lowest BCUT2D eigenvalue weighted by Gasteiger charge is -2.21. The van der Waals surface area contributed by atoms with Gasteiger partial charge in [-0.25, -0.2) is 9.59 Å². The molecule has 0 aliphatic rings. The van der Waals surface area contributed by atoms with Crippen molar-refractivity contribution in [1.82, 2.24) is 0 Å². The lowest BCUT2D eigenvalue weighted by Crippen LogP contribution is -2.49.